The molecular formula is C22H18ClNO4. The quantitative estimate of drug-likeness (QED) is 0.716. The Hall–Kier alpha value is -3.02. The summed E-state index contributed by atoms with van der Waals surface area (Å²) in [6.07, 6.45) is 0. The third-order valence-corrected chi connectivity index (χ3v) is 5.18. The van der Waals surface area contributed by atoms with Crippen LogP contribution in [0.1, 0.15) is 11.1 Å². The van der Waals surface area contributed by atoms with E-state index in [2.05, 4.69) is 0 Å². The van der Waals surface area contributed by atoms with Crippen LogP contribution in [0.5, 0.6) is 11.5 Å². The number of nitrogens with zero attached hydrogens (tertiary/aromatic N) is 1. The van der Waals surface area contributed by atoms with Gasteiger partial charge in [0.2, 0.25) is 0 Å². The average Bonchev–Trinajstić information content (AvgIpc) is 2.96. The van der Waals surface area contributed by atoms with Gasteiger partial charge in [0.25, 0.3) is 5.91 Å². The molecule has 142 valence electrons. The Labute approximate surface area is 167 Å². The number of fused-ring (bicyclic) bond motifs is 1. The van der Waals surface area contributed by atoms with E-state index >= 15 is 0 Å². The molecule has 0 saturated carbocycles. The number of anilines is 2. The van der Waals surface area contributed by atoms with E-state index in [4.69, 9.17) is 21.1 Å². The molecule has 1 amide bonds. The van der Waals surface area contributed by atoms with Gasteiger partial charge in [-0.25, -0.2) is 0 Å². The van der Waals surface area contributed by atoms with E-state index in [1.54, 1.807) is 80.9 Å². The fourth-order valence-corrected chi connectivity index (χ4v) is 3.65. The van der Waals surface area contributed by atoms with Crippen LogP contribution < -0.4 is 14.4 Å². The van der Waals surface area contributed by atoms with Gasteiger partial charge in [-0.3, -0.25) is 9.69 Å². The van der Waals surface area contributed by atoms with Gasteiger partial charge in [0.05, 0.1) is 19.9 Å². The van der Waals surface area contributed by atoms with Crippen molar-refractivity contribution in [3.8, 4) is 11.5 Å². The maximum Gasteiger partial charge on any atom is 0.273 e. The van der Waals surface area contributed by atoms with Crippen LogP contribution in [0, 0.1) is 0 Å². The zero-order chi connectivity index (χ0) is 19.9. The van der Waals surface area contributed by atoms with E-state index in [0.717, 1.165) is 0 Å². The van der Waals surface area contributed by atoms with Crippen LogP contribution >= 0.6 is 11.6 Å². The van der Waals surface area contributed by atoms with Crippen molar-refractivity contribution in [3.05, 3.63) is 82.9 Å². The van der Waals surface area contributed by atoms with E-state index in [0.29, 0.717) is 39.0 Å². The third-order valence-electron chi connectivity index (χ3n) is 4.94. The van der Waals surface area contributed by atoms with Crippen LogP contribution in [0.25, 0.3) is 0 Å². The molecule has 5 nitrogen and oxygen atoms in total. The summed E-state index contributed by atoms with van der Waals surface area (Å²) in [5, 5.41) is 12.0. The Morgan fingerprint density at radius 3 is 2.04 bits per heavy atom. The first-order valence-electron chi connectivity index (χ1n) is 8.64. The Balaban J connectivity index is 1.88. The first-order valence-corrected chi connectivity index (χ1v) is 9.02. The van der Waals surface area contributed by atoms with Crippen molar-refractivity contribution < 1.29 is 19.4 Å². The second kappa shape index (κ2) is 6.86. The Morgan fingerprint density at radius 2 is 1.46 bits per heavy atom. The summed E-state index contributed by atoms with van der Waals surface area (Å²) in [5.41, 5.74) is 0.229. The molecule has 0 unspecified atom stereocenters. The van der Waals surface area contributed by atoms with Gasteiger partial charge in [-0.15, -0.1) is 0 Å². The van der Waals surface area contributed by atoms with Crippen molar-refractivity contribution in [1.29, 1.82) is 0 Å². The molecular weight excluding hydrogens is 378 g/mol. The van der Waals surface area contributed by atoms with Crippen molar-refractivity contribution in [3.63, 3.8) is 0 Å². The lowest BCUT2D eigenvalue weighted by atomic mass is 9.87. The van der Waals surface area contributed by atoms with Crippen LogP contribution in [-0.2, 0) is 10.4 Å². The second-order valence-corrected chi connectivity index (χ2v) is 6.88. The summed E-state index contributed by atoms with van der Waals surface area (Å²) in [4.78, 5) is 15.0. The molecule has 3 aromatic carbocycles. The van der Waals surface area contributed by atoms with Crippen LogP contribution in [0.4, 0.5) is 11.4 Å². The van der Waals surface area contributed by atoms with Gasteiger partial charge < -0.3 is 14.6 Å². The van der Waals surface area contributed by atoms with E-state index < -0.39 is 11.5 Å². The minimum atomic E-state index is -1.85. The number of hydrogen-bond donors (Lipinski definition) is 1. The Morgan fingerprint density at radius 1 is 0.893 bits per heavy atom. The molecule has 0 radical (unpaired) electrons. The smallest absolute Gasteiger partial charge is 0.273 e. The SMILES string of the molecule is COc1ccc(N2C(=O)[C@@](O)(c3ccc(OC)cc3)c3cc(Cl)ccc32)cc1. The molecule has 1 N–H and O–H groups in total. The molecule has 6 heteroatoms. The first kappa shape index (κ1) is 18.3. The molecule has 0 fully saturated rings. The monoisotopic (exact) mass is 395 g/mol. The largest absolute Gasteiger partial charge is 0.497 e. The van der Waals surface area contributed by atoms with Crippen LogP contribution in [0.2, 0.25) is 5.02 Å². The van der Waals surface area contributed by atoms with E-state index in [1.807, 2.05) is 0 Å². The molecule has 0 aliphatic carbocycles. The van der Waals surface area contributed by atoms with Crippen molar-refractivity contribution >= 4 is 28.9 Å². The molecule has 3 aromatic rings. The molecule has 28 heavy (non-hydrogen) atoms. The molecule has 0 bridgehead atoms. The van der Waals surface area contributed by atoms with Gasteiger partial charge in [0, 0.05) is 16.3 Å². The number of carbonyl (C=O) groups is 1. The molecule has 1 aliphatic rings. The number of methoxy groups -OCH3 is 2. The van der Waals surface area contributed by atoms with Gasteiger partial charge in [-0.1, -0.05) is 23.7 Å². The minimum Gasteiger partial charge on any atom is -0.497 e. The van der Waals surface area contributed by atoms with Gasteiger partial charge in [-0.05, 0) is 60.2 Å². The molecule has 0 aromatic heterocycles. The van der Waals surface area contributed by atoms with Crippen molar-refractivity contribution in [2.45, 2.75) is 5.60 Å². The number of aliphatic hydroxyl groups is 1. The molecule has 1 aliphatic heterocycles. The highest BCUT2D eigenvalue weighted by Crippen LogP contribution is 2.48. The second-order valence-electron chi connectivity index (χ2n) is 6.44. The van der Waals surface area contributed by atoms with Gasteiger partial charge in [0.1, 0.15) is 11.5 Å². The predicted octanol–water partition coefficient (Wildman–Crippen LogP) is 4.27. The van der Waals surface area contributed by atoms with Crippen molar-refractivity contribution in [1.82, 2.24) is 0 Å². The van der Waals surface area contributed by atoms with Crippen LogP contribution in [-0.4, -0.2) is 25.2 Å². The fourth-order valence-electron chi connectivity index (χ4n) is 3.48. The minimum absolute atomic E-state index is 0.436. The maximum absolute atomic E-state index is 13.5. The Bertz CT molecular complexity index is 1030. The Kier molecular flexibility index (Phi) is 4.49. The average molecular weight is 396 g/mol. The molecule has 0 saturated heterocycles. The van der Waals surface area contributed by atoms with E-state index in [1.165, 1.54) is 4.90 Å². The van der Waals surface area contributed by atoms with Crippen molar-refractivity contribution in [2.24, 2.45) is 0 Å². The molecule has 4 rings (SSSR count). The zero-order valence-electron chi connectivity index (χ0n) is 15.3. The van der Waals surface area contributed by atoms with Crippen LogP contribution in [0.3, 0.4) is 0 Å². The summed E-state index contributed by atoms with van der Waals surface area (Å²) >= 11 is 6.19. The number of halogens is 1. The fraction of sp³-hybridized carbons (Fsp3) is 0.136. The van der Waals surface area contributed by atoms with Gasteiger partial charge in [0.15, 0.2) is 5.60 Å². The number of benzene rings is 3. The standard InChI is InChI=1S/C22H18ClNO4/c1-27-17-8-3-14(4-9-17)22(26)19-13-15(23)5-12-20(19)24(21(22)25)16-6-10-18(28-2)11-7-16/h3-13,26H,1-2H3/t22-/m1/s1. The summed E-state index contributed by atoms with van der Waals surface area (Å²) in [6, 6.07) is 18.9. The van der Waals surface area contributed by atoms with Gasteiger partial charge >= 0.3 is 0 Å². The maximum atomic E-state index is 13.5. The number of carbonyl (C=O) groups excluding carboxylic acids is 1. The number of rotatable bonds is 4. The molecule has 1 heterocycles. The summed E-state index contributed by atoms with van der Waals surface area (Å²) in [6.45, 7) is 0. The number of hydrogen-bond acceptors (Lipinski definition) is 4. The highest BCUT2D eigenvalue weighted by Gasteiger charge is 2.51. The first-order chi connectivity index (χ1) is 13.5. The lowest BCUT2D eigenvalue weighted by Crippen LogP contribution is -2.39. The summed E-state index contributed by atoms with van der Waals surface area (Å²) in [7, 11) is 3.14. The highest BCUT2D eigenvalue weighted by molar-refractivity contribution is 6.31. The molecule has 0 spiro atoms. The lowest BCUT2D eigenvalue weighted by molar-refractivity contribution is -0.131. The third kappa shape index (κ3) is 2.71. The number of ether oxygens (including phenoxy) is 2. The van der Waals surface area contributed by atoms with E-state index in [-0.39, 0.29) is 0 Å². The van der Waals surface area contributed by atoms with Crippen LogP contribution in [0.15, 0.2) is 66.7 Å². The highest BCUT2D eigenvalue weighted by atomic mass is 35.5. The molecule has 1 atom stereocenters. The predicted molar refractivity (Wildman–Crippen MR) is 108 cm³/mol. The van der Waals surface area contributed by atoms with E-state index in [9.17, 15) is 9.90 Å². The lowest BCUT2D eigenvalue weighted by Gasteiger charge is -2.24. The summed E-state index contributed by atoms with van der Waals surface area (Å²) < 4.78 is 10.4. The zero-order valence-corrected chi connectivity index (χ0v) is 16.1. The normalized spacial score (nSPS) is 18.1. The van der Waals surface area contributed by atoms with Crippen molar-refractivity contribution in [2.75, 3.05) is 19.1 Å². The number of amides is 1. The van der Waals surface area contributed by atoms with Gasteiger partial charge in [-0.2, -0.15) is 0 Å². The summed E-state index contributed by atoms with van der Waals surface area (Å²) in [5.74, 6) is 0.841. The topological polar surface area (TPSA) is 59.0 Å².